The molecule has 0 atom stereocenters. The van der Waals surface area contributed by atoms with Crippen LogP contribution in [-0.2, 0) is 0 Å². The van der Waals surface area contributed by atoms with Crippen molar-refractivity contribution in [3.63, 3.8) is 0 Å². The number of rotatable bonds is 4. The first-order valence-electron chi connectivity index (χ1n) is 5.45. The molecular formula is C13H17FO2S. The van der Waals surface area contributed by atoms with Crippen LogP contribution in [0.15, 0.2) is 23.1 Å². The number of halogens is 1. The van der Waals surface area contributed by atoms with Crippen LogP contribution in [0.5, 0.6) is 0 Å². The number of hydrogen-bond donors (Lipinski definition) is 1. The molecule has 0 radical (unpaired) electrons. The average molecular weight is 256 g/mol. The first-order chi connectivity index (χ1) is 7.79. The summed E-state index contributed by atoms with van der Waals surface area (Å²) in [6, 6.07) is 3.89. The highest BCUT2D eigenvalue weighted by Gasteiger charge is 2.12. The number of benzene rings is 1. The van der Waals surface area contributed by atoms with Gasteiger partial charge in [-0.3, -0.25) is 0 Å². The van der Waals surface area contributed by atoms with Gasteiger partial charge in [-0.25, -0.2) is 9.18 Å². The van der Waals surface area contributed by atoms with E-state index in [1.807, 2.05) is 0 Å². The van der Waals surface area contributed by atoms with Crippen LogP contribution >= 0.6 is 11.8 Å². The van der Waals surface area contributed by atoms with E-state index in [2.05, 4.69) is 20.8 Å². The van der Waals surface area contributed by atoms with E-state index in [1.54, 1.807) is 0 Å². The Labute approximate surface area is 105 Å². The molecule has 0 aliphatic carbocycles. The Morgan fingerprint density at radius 3 is 2.59 bits per heavy atom. The molecule has 1 aromatic carbocycles. The first-order valence-corrected chi connectivity index (χ1v) is 6.44. The van der Waals surface area contributed by atoms with Crippen molar-refractivity contribution in [2.45, 2.75) is 32.1 Å². The van der Waals surface area contributed by atoms with Gasteiger partial charge in [0.25, 0.3) is 0 Å². The second-order valence-electron chi connectivity index (χ2n) is 5.11. The van der Waals surface area contributed by atoms with E-state index >= 15 is 0 Å². The molecule has 0 aliphatic rings. The smallest absolute Gasteiger partial charge is 0.335 e. The summed E-state index contributed by atoms with van der Waals surface area (Å²) in [4.78, 5) is 11.2. The summed E-state index contributed by atoms with van der Waals surface area (Å²) in [6.45, 7) is 6.37. The Morgan fingerprint density at radius 2 is 2.06 bits per heavy atom. The van der Waals surface area contributed by atoms with Crippen molar-refractivity contribution in [1.29, 1.82) is 0 Å². The summed E-state index contributed by atoms with van der Waals surface area (Å²) in [7, 11) is 0. The zero-order chi connectivity index (χ0) is 13.1. The minimum Gasteiger partial charge on any atom is -0.478 e. The number of carbonyl (C=O) groups is 1. The van der Waals surface area contributed by atoms with E-state index in [0.29, 0.717) is 4.90 Å². The van der Waals surface area contributed by atoms with Gasteiger partial charge in [0, 0.05) is 4.90 Å². The summed E-state index contributed by atoms with van der Waals surface area (Å²) in [6.07, 6.45) is 0.953. The van der Waals surface area contributed by atoms with Crippen LogP contribution in [0.2, 0.25) is 0 Å². The maximum atomic E-state index is 13.4. The fraction of sp³-hybridized carbons (Fsp3) is 0.462. The molecule has 2 nitrogen and oxygen atoms in total. The summed E-state index contributed by atoms with van der Waals surface area (Å²) in [5.74, 6) is -0.597. The summed E-state index contributed by atoms with van der Waals surface area (Å²) in [5.41, 5.74) is 0.332. The lowest BCUT2D eigenvalue weighted by molar-refractivity contribution is 0.0696. The molecule has 0 saturated heterocycles. The molecule has 0 saturated carbocycles. The topological polar surface area (TPSA) is 37.3 Å². The summed E-state index contributed by atoms with van der Waals surface area (Å²) in [5, 5.41) is 8.82. The average Bonchev–Trinajstić information content (AvgIpc) is 2.18. The van der Waals surface area contributed by atoms with Crippen molar-refractivity contribution in [3.05, 3.63) is 29.6 Å². The highest BCUT2D eigenvalue weighted by atomic mass is 32.2. The Morgan fingerprint density at radius 1 is 1.41 bits per heavy atom. The van der Waals surface area contributed by atoms with Crippen molar-refractivity contribution < 1.29 is 14.3 Å². The predicted molar refractivity (Wildman–Crippen MR) is 68.2 cm³/mol. The normalized spacial score (nSPS) is 11.5. The Bertz CT molecular complexity index is 410. The lowest BCUT2D eigenvalue weighted by Crippen LogP contribution is -2.06. The van der Waals surface area contributed by atoms with E-state index in [9.17, 15) is 9.18 Å². The molecular weight excluding hydrogens is 239 g/mol. The van der Waals surface area contributed by atoms with Crippen LogP contribution in [0.3, 0.4) is 0 Å². The van der Waals surface area contributed by atoms with Crippen molar-refractivity contribution in [3.8, 4) is 0 Å². The van der Waals surface area contributed by atoms with Gasteiger partial charge < -0.3 is 5.11 Å². The van der Waals surface area contributed by atoms with Gasteiger partial charge in [-0.1, -0.05) is 20.8 Å². The van der Waals surface area contributed by atoms with E-state index < -0.39 is 5.97 Å². The fourth-order valence-corrected chi connectivity index (χ4v) is 2.56. The maximum Gasteiger partial charge on any atom is 0.335 e. The van der Waals surface area contributed by atoms with E-state index in [-0.39, 0.29) is 16.8 Å². The third-order valence-electron chi connectivity index (χ3n) is 2.29. The van der Waals surface area contributed by atoms with E-state index in [4.69, 9.17) is 5.11 Å². The largest absolute Gasteiger partial charge is 0.478 e. The third-order valence-corrected chi connectivity index (χ3v) is 3.32. The molecule has 0 heterocycles. The van der Waals surface area contributed by atoms with Gasteiger partial charge >= 0.3 is 5.97 Å². The lowest BCUT2D eigenvalue weighted by atomic mass is 9.94. The monoisotopic (exact) mass is 256 g/mol. The first kappa shape index (κ1) is 14.0. The molecule has 1 N–H and O–H groups in total. The van der Waals surface area contributed by atoms with Gasteiger partial charge in [0.05, 0.1) is 5.56 Å². The second-order valence-corrected chi connectivity index (χ2v) is 6.25. The van der Waals surface area contributed by atoms with E-state index in [1.165, 1.54) is 30.0 Å². The Kier molecular flexibility index (Phi) is 4.57. The molecule has 1 rings (SSSR count). The highest BCUT2D eigenvalue weighted by Crippen LogP contribution is 2.28. The van der Waals surface area contributed by atoms with Crippen LogP contribution < -0.4 is 0 Å². The quantitative estimate of drug-likeness (QED) is 0.826. The Balaban J connectivity index is 2.70. The van der Waals surface area contributed by atoms with Crippen LogP contribution in [0, 0.1) is 11.2 Å². The fourth-order valence-electron chi connectivity index (χ4n) is 1.21. The van der Waals surface area contributed by atoms with Crippen molar-refractivity contribution in [1.82, 2.24) is 0 Å². The van der Waals surface area contributed by atoms with Gasteiger partial charge in [0.2, 0.25) is 0 Å². The molecule has 94 valence electrons. The lowest BCUT2D eigenvalue weighted by Gasteiger charge is -2.17. The van der Waals surface area contributed by atoms with Crippen molar-refractivity contribution in [2.24, 2.45) is 5.41 Å². The summed E-state index contributed by atoms with van der Waals surface area (Å²) < 4.78 is 13.4. The van der Waals surface area contributed by atoms with Gasteiger partial charge in [-0.2, -0.15) is 0 Å². The maximum absolute atomic E-state index is 13.4. The van der Waals surface area contributed by atoms with Gasteiger partial charge in [0.15, 0.2) is 0 Å². The number of aromatic carboxylic acids is 1. The number of carboxylic acid groups (broad SMARTS) is 1. The highest BCUT2D eigenvalue weighted by molar-refractivity contribution is 7.99. The van der Waals surface area contributed by atoms with Gasteiger partial charge in [-0.15, -0.1) is 11.8 Å². The molecule has 17 heavy (non-hydrogen) atoms. The molecule has 0 aliphatic heterocycles. The van der Waals surface area contributed by atoms with E-state index in [0.717, 1.165) is 12.2 Å². The molecule has 0 bridgehead atoms. The van der Waals surface area contributed by atoms with Crippen LogP contribution in [-0.4, -0.2) is 16.8 Å². The van der Waals surface area contributed by atoms with Crippen LogP contribution in [0.4, 0.5) is 4.39 Å². The standard InChI is InChI=1S/C13H17FO2S/c1-13(2,3)6-7-17-11-8-9(12(15)16)4-5-10(11)14/h4-5,8H,6-7H2,1-3H3,(H,15,16). The molecule has 1 aromatic rings. The third kappa shape index (κ3) is 4.77. The minimum atomic E-state index is -1.03. The SMILES string of the molecule is CC(C)(C)CCSc1cc(C(=O)O)ccc1F. The Hall–Kier alpha value is -1.03. The molecule has 0 aromatic heterocycles. The second kappa shape index (κ2) is 5.54. The molecule has 0 spiro atoms. The van der Waals surface area contributed by atoms with Crippen LogP contribution in [0.25, 0.3) is 0 Å². The molecule has 0 unspecified atom stereocenters. The van der Waals surface area contributed by atoms with Crippen LogP contribution in [0.1, 0.15) is 37.6 Å². The van der Waals surface area contributed by atoms with Crippen molar-refractivity contribution >= 4 is 17.7 Å². The van der Waals surface area contributed by atoms with Crippen molar-refractivity contribution in [2.75, 3.05) is 5.75 Å². The molecule has 0 fully saturated rings. The zero-order valence-electron chi connectivity index (χ0n) is 10.3. The molecule has 4 heteroatoms. The number of hydrogen-bond acceptors (Lipinski definition) is 2. The minimum absolute atomic E-state index is 0.129. The van der Waals surface area contributed by atoms with Gasteiger partial charge in [-0.05, 0) is 35.8 Å². The predicted octanol–water partition coefficient (Wildman–Crippen LogP) is 4.05. The van der Waals surface area contributed by atoms with Gasteiger partial charge in [0.1, 0.15) is 5.82 Å². The zero-order valence-corrected chi connectivity index (χ0v) is 11.1. The number of thioether (sulfide) groups is 1. The molecule has 0 amide bonds. The summed E-state index contributed by atoms with van der Waals surface area (Å²) >= 11 is 1.37. The number of carboxylic acids is 1.